The fourth-order valence-corrected chi connectivity index (χ4v) is 2.87. The number of piperidine rings is 1. The van der Waals surface area contributed by atoms with Gasteiger partial charge in [-0.25, -0.2) is 9.59 Å². The number of nitrogens with zero attached hydrogens (tertiary/aromatic N) is 1. The average Bonchev–Trinajstić information content (AvgIpc) is 2.40. The van der Waals surface area contributed by atoms with Crippen molar-refractivity contribution in [2.75, 3.05) is 11.9 Å². The summed E-state index contributed by atoms with van der Waals surface area (Å²) in [7, 11) is 0. The van der Waals surface area contributed by atoms with Gasteiger partial charge in [0.05, 0.1) is 16.3 Å². The molecule has 5 nitrogen and oxygen atoms in total. The minimum Gasteiger partial charge on any atom is -0.478 e. The molecular formula is C15H19ClN2O3. The third-order valence-electron chi connectivity index (χ3n) is 3.86. The van der Waals surface area contributed by atoms with Gasteiger partial charge >= 0.3 is 12.0 Å². The van der Waals surface area contributed by atoms with Gasteiger partial charge < -0.3 is 15.3 Å². The number of nitrogens with one attached hydrogen (secondary N) is 1. The molecule has 114 valence electrons. The van der Waals surface area contributed by atoms with E-state index in [4.69, 9.17) is 16.7 Å². The Morgan fingerprint density at radius 1 is 1.38 bits per heavy atom. The monoisotopic (exact) mass is 310 g/mol. The molecule has 0 bridgehead atoms. The van der Waals surface area contributed by atoms with Crippen molar-refractivity contribution in [2.24, 2.45) is 5.92 Å². The fraction of sp³-hybridized carbons (Fsp3) is 0.467. The minimum atomic E-state index is -1.05. The lowest BCUT2D eigenvalue weighted by Gasteiger charge is -2.36. The first-order valence-electron chi connectivity index (χ1n) is 6.99. The third-order valence-corrected chi connectivity index (χ3v) is 4.17. The number of benzene rings is 1. The van der Waals surface area contributed by atoms with Gasteiger partial charge in [-0.1, -0.05) is 18.5 Å². The number of carbonyl (C=O) groups is 2. The number of hydrogen-bond donors (Lipinski definition) is 2. The van der Waals surface area contributed by atoms with E-state index < -0.39 is 5.97 Å². The molecule has 0 spiro atoms. The van der Waals surface area contributed by atoms with Crippen molar-refractivity contribution >= 4 is 29.3 Å². The van der Waals surface area contributed by atoms with E-state index in [2.05, 4.69) is 12.2 Å². The quantitative estimate of drug-likeness (QED) is 0.875. The highest BCUT2D eigenvalue weighted by Gasteiger charge is 2.27. The van der Waals surface area contributed by atoms with Gasteiger partial charge in [0, 0.05) is 12.6 Å². The lowest BCUT2D eigenvalue weighted by molar-refractivity contribution is 0.0697. The molecule has 6 heteroatoms. The average molecular weight is 311 g/mol. The summed E-state index contributed by atoms with van der Waals surface area (Å²) in [6.45, 7) is 4.94. The van der Waals surface area contributed by atoms with E-state index in [-0.39, 0.29) is 22.7 Å². The number of halogens is 1. The highest BCUT2D eigenvalue weighted by molar-refractivity contribution is 6.34. The van der Waals surface area contributed by atoms with Crippen LogP contribution in [0.4, 0.5) is 10.5 Å². The van der Waals surface area contributed by atoms with E-state index in [1.165, 1.54) is 18.2 Å². The molecule has 0 radical (unpaired) electrons. The van der Waals surface area contributed by atoms with Crippen LogP contribution >= 0.6 is 11.6 Å². The van der Waals surface area contributed by atoms with Crippen LogP contribution in [0.15, 0.2) is 18.2 Å². The number of likely N-dealkylation sites (tertiary alicyclic amines) is 1. The molecule has 2 atom stereocenters. The standard InChI is InChI=1S/C15H19ClN2O3/c1-9-5-6-18(10(2)7-9)15(21)17-13-4-3-11(14(19)20)8-12(13)16/h3-4,8-10H,5-7H2,1-2H3,(H,17,21)(H,19,20). The molecule has 1 aromatic carbocycles. The number of amides is 2. The predicted molar refractivity (Wildman–Crippen MR) is 82.0 cm³/mol. The van der Waals surface area contributed by atoms with Gasteiger partial charge in [-0.2, -0.15) is 0 Å². The second-order valence-electron chi connectivity index (χ2n) is 5.60. The van der Waals surface area contributed by atoms with Crippen LogP contribution in [-0.4, -0.2) is 34.6 Å². The van der Waals surface area contributed by atoms with Crippen molar-refractivity contribution in [3.8, 4) is 0 Å². The zero-order valence-electron chi connectivity index (χ0n) is 12.1. The predicted octanol–water partition coefficient (Wildman–Crippen LogP) is 3.69. The molecule has 0 aromatic heterocycles. The summed E-state index contributed by atoms with van der Waals surface area (Å²) in [4.78, 5) is 24.9. The fourth-order valence-electron chi connectivity index (χ4n) is 2.65. The van der Waals surface area contributed by atoms with Crippen LogP contribution in [0.1, 0.15) is 37.0 Å². The molecule has 2 N–H and O–H groups in total. The normalized spacial score (nSPS) is 22.0. The van der Waals surface area contributed by atoms with E-state index in [0.29, 0.717) is 11.6 Å². The van der Waals surface area contributed by atoms with E-state index >= 15 is 0 Å². The number of anilines is 1. The Morgan fingerprint density at radius 2 is 2.10 bits per heavy atom. The van der Waals surface area contributed by atoms with Gasteiger partial charge in [0.2, 0.25) is 0 Å². The largest absolute Gasteiger partial charge is 0.478 e. The Morgan fingerprint density at radius 3 is 2.67 bits per heavy atom. The van der Waals surface area contributed by atoms with E-state index in [1.54, 1.807) is 4.90 Å². The molecule has 1 fully saturated rings. The van der Waals surface area contributed by atoms with Crippen molar-refractivity contribution in [3.63, 3.8) is 0 Å². The number of aromatic carboxylic acids is 1. The first-order chi connectivity index (χ1) is 9.88. The van der Waals surface area contributed by atoms with Crippen LogP contribution in [0.25, 0.3) is 0 Å². The lowest BCUT2D eigenvalue weighted by atomic mass is 9.94. The lowest BCUT2D eigenvalue weighted by Crippen LogP contribution is -2.46. The second kappa shape index (κ2) is 6.35. The maximum Gasteiger partial charge on any atom is 0.335 e. The molecule has 2 rings (SSSR count). The van der Waals surface area contributed by atoms with Crippen LogP contribution < -0.4 is 5.32 Å². The number of carboxylic acids is 1. The Labute approximate surface area is 128 Å². The maximum atomic E-state index is 12.3. The smallest absolute Gasteiger partial charge is 0.335 e. The van der Waals surface area contributed by atoms with Gasteiger partial charge in [-0.3, -0.25) is 0 Å². The van der Waals surface area contributed by atoms with Gasteiger partial charge in [0.15, 0.2) is 0 Å². The van der Waals surface area contributed by atoms with Gasteiger partial charge in [-0.05, 0) is 43.9 Å². The Hall–Kier alpha value is -1.75. The number of hydrogen-bond acceptors (Lipinski definition) is 2. The van der Waals surface area contributed by atoms with Gasteiger partial charge in [0.1, 0.15) is 0 Å². The molecule has 1 heterocycles. The van der Waals surface area contributed by atoms with Crippen molar-refractivity contribution in [3.05, 3.63) is 28.8 Å². The highest BCUT2D eigenvalue weighted by atomic mass is 35.5. The molecule has 2 unspecified atom stereocenters. The SMILES string of the molecule is CC1CCN(C(=O)Nc2ccc(C(=O)O)cc2Cl)C(C)C1. The first-order valence-corrected chi connectivity index (χ1v) is 7.36. The highest BCUT2D eigenvalue weighted by Crippen LogP contribution is 2.26. The van der Waals surface area contributed by atoms with Crippen LogP contribution in [0.5, 0.6) is 0 Å². The summed E-state index contributed by atoms with van der Waals surface area (Å²) in [6.07, 6.45) is 1.97. The molecule has 1 saturated heterocycles. The molecule has 1 aromatic rings. The van der Waals surface area contributed by atoms with Crippen molar-refractivity contribution < 1.29 is 14.7 Å². The minimum absolute atomic E-state index is 0.0955. The van der Waals surface area contributed by atoms with Gasteiger partial charge in [0.25, 0.3) is 0 Å². The molecule has 1 aliphatic rings. The molecule has 1 aliphatic heterocycles. The number of carbonyl (C=O) groups excluding carboxylic acids is 1. The second-order valence-corrected chi connectivity index (χ2v) is 6.01. The molecular weight excluding hydrogens is 292 g/mol. The van der Waals surface area contributed by atoms with E-state index in [0.717, 1.165) is 19.4 Å². The molecule has 21 heavy (non-hydrogen) atoms. The van der Waals surface area contributed by atoms with Crippen LogP contribution in [0.3, 0.4) is 0 Å². The zero-order valence-corrected chi connectivity index (χ0v) is 12.9. The summed E-state index contributed by atoms with van der Waals surface area (Å²) in [6, 6.07) is 4.26. The van der Waals surface area contributed by atoms with Gasteiger partial charge in [-0.15, -0.1) is 0 Å². The summed E-state index contributed by atoms with van der Waals surface area (Å²) >= 11 is 6.02. The maximum absolute atomic E-state index is 12.3. The summed E-state index contributed by atoms with van der Waals surface area (Å²) in [5.41, 5.74) is 0.524. The zero-order chi connectivity index (χ0) is 15.6. The van der Waals surface area contributed by atoms with E-state index in [9.17, 15) is 9.59 Å². The molecule has 0 saturated carbocycles. The summed E-state index contributed by atoms with van der Waals surface area (Å²) in [5.74, 6) is -0.420. The number of urea groups is 1. The van der Waals surface area contributed by atoms with Crippen LogP contribution in [-0.2, 0) is 0 Å². The molecule has 0 aliphatic carbocycles. The van der Waals surface area contributed by atoms with Crippen LogP contribution in [0, 0.1) is 5.92 Å². The summed E-state index contributed by atoms with van der Waals surface area (Å²) < 4.78 is 0. The Balaban J connectivity index is 2.07. The number of carboxylic acid groups (broad SMARTS) is 1. The molecule has 2 amide bonds. The Kier molecular flexibility index (Phi) is 4.73. The van der Waals surface area contributed by atoms with Crippen molar-refractivity contribution in [2.45, 2.75) is 32.7 Å². The van der Waals surface area contributed by atoms with Crippen molar-refractivity contribution in [1.29, 1.82) is 0 Å². The number of rotatable bonds is 2. The van der Waals surface area contributed by atoms with Crippen LogP contribution in [0.2, 0.25) is 5.02 Å². The topological polar surface area (TPSA) is 69.6 Å². The Bertz CT molecular complexity index is 562. The third kappa shape index (κ3) is 3.67. The van der Waals surface area contributed by atoms with Crippen molar-refractivity contribution in [1.82, 2.24) is 4.90 Å². The van der Waals surface area contributed by atoms with E-state index in [1.807, 2.05) is 6.92 Å². The summed E-state index contributed by atoms with van der Waals surface area (Å²) in [5, 5.41) is 11.9. The first kappa shape index (κ1) is 15.6.